The van der Waals surface area contributed by atoms with E-state index in [4.69, 9.17) is 14.2 Å². The number of hydrogen-bond donors (Lipinski definition) is 1. The van der Waals surface area contributed by atoms with Crippen molar-refractivity contribution in [3.63, 3.8) is 0 Å². The Morgan fingerprint density at radius 2 is 1.56 bits per heavy atom. The van der Waals surface area contributed by atoms with Crippen LogP contribution in [-0.4, -0.2) is 31.0 Å². The van der Waals surface area contributed by atoms with Crippen molar-refractivity contribution in [2.75, 3.05) is 14.2 Å². The fraction of sp³-hybridized carbons (Fsp3) is 0.300. The highest BCUT2D eigenvalue weighted by Crippen LogP contribution is 2.34. The minimum atomic E-state index is -0.702. The maximum Gasteiger partial charge on any atom is 0.412 e. The van der Waals surface area contributed by atoms with Gasteiger partial charge in [0.15, 0.2) is 0 Å². The summed E-state index contributed by atoms with van der Waals surface area (Å²) >= 11 is 1.38. The molecule has 1 amide bonds. The topological polar surface area (TPSA) is 73.9 Å². The fourth-order valence-corrected chi connectivity index (χ4v) is 3.25. The number of hydrogen-bond acceptors (Lipinski definition) is 6. The molecule has 0 aromatic heterocycles. The molecule has 0 spiro atoms. The largest absolute Gasteiger partial charge is 0.497 e. The SMILES string of the molecule is COC(=O)C(C)(C)Sc1ccc(OC(=O)NCc2ccc(OC)cc2)cc1. The molecule has 0 fully saturated rings. The van der Waals surface area contributed by atoms with Crippen LogP contribution in [0.15, 0.2) is 53.4 Å². The smallest absolute Gasteiger partial charge is 0.412 e. The Labute approximate surface area is 163 Å². The lowest BCUT2D eigenvalue weighted by atomic mass is 10.2. The quantitative estimate of drug-likeness (QED) is 0.569. The molecule has 0 aliphatic heterocycles. The third-order valence-corrected chi connectivity index (χ3v) is 4.87. The van der Waals surface area contributed by atoms with E-state index in [9.17, 15) is 9.59 Å². The van der Waals surface area contributed by atoms with Crippen LogP contribution in [0.1, 0.15) is 19.4 Å². The Morgan fingerprint density at radius 3 is 2.11 bits per heavy atom. The van der Waals surface area contributed by atoms with Gasteiger partial charge in [0.1, 0.15) is 16.2 Å². The average Bonchev–Trinajstić information content (AvgIpc) is 2.67. The first-order valence-corrected chi connectivity index (χ1v) is 9.12. The summed E-state index contributed by atoms with van der Waals surface area (Å²) in [6.45, 7) is 3.94. The van der Waals surface area contributed by atoms with Crippen LogP contribution in [0.2, 0.25) is 0 Å². The number of benzene rings is 2. The van der Waals surface area contributed by atoms with E-state index in [0.717, 1.165) is 16.2 Å². The van der Waals surface area contributed by atoms with Crippen molar-refractivity contribution in [1.82, 2.24) is 5.32 Å². The number of rotatable bonds is 7. The summed E-state index contributed by atoms with van der Waals surface area (Å²) in [5.41, 5.74) is 0.935. The number of nitrogens with one attached hydrogen (secondary N) is 1. The van der Waals surface area contributed by atoms with Crippen LogP contribution in [-0.2, 0) is 16.1 Å². The zero-order chi connectivity index (χ0) is 19.9. The van der Waals surface area contributed by atoms with Crippen LogP contribution in [0.4, 0.5) is 4.79 Å². The van der Waals surface area contributed by atoms with Crippen LogP contribution in [0.5, 0.6) is 11.5 Å². The number of ether oxygens (including phenoxy) is 3. The van der Waals surface area contributed by atoms with Gasteiger partial charge in [0.2, 0.25) is 0 Å². The maximum atomic E-state index is 11.9. The van der Waals surface area contributed by atoms with Crippen molar-refractivity contribution in [3.05, 3.63) is 54.1 Å². The van der Waals surface area contributed by atoms with Gasteiger partial charge in [0, 0.05) is 11.4 Å². The summed E-state index contributed by atoms with van der Waals surface area (Å²) in [6.07, 6.45) is -0.541. The van der Waals surface area contributed by atoms with Gasteiger partial charge in [-0.2, -0.15) is 0 Å². The standard InChI is InChI=1S/C20H23NO5S/c1-20(2,18(22)25-4)27-17-11-9-16(10-12-17)26-19(23)21-13-14-5-7-15(24-3)8-6-14/h5-12H,13H2,1-4H3,(H,21,23). The summed E-state index contributed by atoms with van der Waals surface area (Å²) < 4.78 is 14.4. The van der Waals surface area contributed by atoms with Crippen LogP contribution < -0.4 is 14.8 Å². The molecule has 2 rings (SSSR count). The second-order valence-corrected chi connectivity index (χ2v) is 7.86. The first-order valence-electron chi connectivity index (χ1n) is 8.30. The molecule has 2 aromatic carbocycles. The molecule has 0 unspecified atom stereocenters. The lowest BCUT2D eigenvalue weighted by Gasteiger charge is -2.20. The normalized spacial score (nSPS) is 10.8. The highest BCUT2D eigenvalue weighted by Gasteiger charge is 2.29. The number of carbonyl (C=O) groups excluding carboxylic acids is 2. The number of methoxy groups -OCH3 is 2. The summed E-state index contributed by atoms with van der Waals surface area (Å²) in [5.74, 6) is 0.878. The van der Waals surface area contributed by atoms with Gasteiger partial charge in [-0.15, -0.1) is 11.8 Å². The molecule has 0 aliphatic rings. The third-order valence-electron chi connectivity index (χ3n) is 3.68. The molecule has 2 aromatic rings. The average molecular weight is 389 g/mol. The summed E-state index contributed by atoms with van der Waals surface area (Å²) in [4.78, 5) is 24.5. The van der Waals surface area contributed by atoms with Gasteiger partial charge in [-0.25, -0.2) is 4.79 Å². The summed E-state index contributed by atoms with van der Waals surface area (Å²) in [7, 11) is 2.97. The first kappa shape index (κ1) is 20.6. The zero-order valence-corrected chi connectivity index (χ0v) is 16.6. The van der Waals surface area contributed by atoms with Crippen LogP contribution in [0.3, 0.4) is 0 Å². The van der Waals surface area contributed by atoms with E-state index in [-0.39, 0.29) is 5.97 Å². The molecule has 7 heteroatoms. The van der Waals surface area contributed by atoms with E-state index in [1.165, 1.54) is 18.9 Å². The molecule has 144 valence electrons. The second-order valence-electron chi connectivity index (χ2n) is 6.17. The van der Waals surface area contributed by atoms with Crippen molar-refractivity contribution >= 4 is 23.8 Å². The highest BCUT2D eigenvalue weighted by molar-refractivity contribution is 8.01. The third kappa shape index (κ3) is 6.21. The molecule has 0 aliphatic carbocycles. The van der Waals surface area contributed by atoms with E-state index in [1.807, 2.05) is 24.3 Å². The Bertz CT molecular complexity index is 772. The predicted octanol–water partition coefficient (Wildman–Crippen LogP) is 4.03. The molecule has 6 nitrogen and oxygen atoms in total. The Kier molecular flexibility index (Phi) is 7.12. The van der Waals surface area contributed by atoms with Crippen LogP contribution >= 0.6 is 11.8 Å². The second kappa shape index (κ2) is 9.32. The number of esters is 1. The lowest BCUT2D eigenvalue weighted by Crippen LogP contribution is -2.28. The molecule has 0 radical (unpaired) electrons. The maximum absolute atomic E-state index is 11.9. The van der Waals surface area contributed by atoms with Crippen molar-refractivity contribution < 1.29 is 23.8 Å². The van der Waals surface area contributed by atoms with Gasteiger partial charge in [-0.3, -0.25) is 4.79 Å². The molecule has 0 bridgehead atoms. The van der Waals surface area contributed by atoms with Crippen molar-refractivity contribution in [2.24, 2.45) is 0 Å². The molecular weight excluding hydrogens is 366 g/mol. The molecule has 1 N–H and O–H groups in total. The lowest BCUT2D eigenvalue weighted by molar-refractivity contribution is -0.142. The number of thioether (sulfide) groups is 1. The Balaban J connectivity index is 1.86. The van der Waals surface area contributed by atoms with E-state index in [1.54, 1.807) is 45.2 Å². The highest BCUT2D eigenvalue weighted by atomic mass is 32.2. The van der Waals surface area contributed by atoms with E-state index >= 15 is 0 Å². The van der Waals surface area contributed by atoms with Crippen LogP contribution in [0.25, 0.3) is 0 Å². The van der Waals surface area contributed by atoms with Crippen LogP contribution in [0, 0.1) is 0 Å². The molecule has 0 saturated heterocycles. The minimum absolute atomic E-state index is 0.300. The van der Waals surface area contributed by atoms with Gasteiger partial charge in [-0.1, -0.05) is 12.1 Å². The van der Waals surface area contributed by atoms with Gasteiger partial charge in [0.05, 0.1) is 14.2 Å². The summed E-state index contributed by atoms with van der Waals surface area (Å²) in [5, 5.41) is 2.69. The van der Waals surface area contributed by atoms with Crippen molar-refractivity contribution in [2.45, 2.75) is 30.0 Å². The van der Waals surface area contributed by atoms with Gasteiger partial charge in [0.25, 0.3) is 0 Å². The fourth-order valence-electron chi connectivity index (χ4n) is 2.22. The minimum Gasteiger partial charge on any atom is -0.497 e. The Morgan fingerprint density at radius 1 is 0.963 bits per heavy atom. The van der Waals surface area contributed by atoms with Gasteiger partial charge >= 0.3 is 12.1 Å². The summed E-state index contributed by atoms with van der Waals surface area (Å²) in [6, 6.07) is 14.3. The van der Waals surface area contributed by atoms with Gasteiger partial charge in [-0.05, 0) is 55.8 Å². The number of amides is 1. The van der Waals surface area contributed by atoms with E-state index in [2.05, 4.69) is 5.32 Å². The number of carbonyl (C=O) groups is 2. The van der Waals surface area contributed by atoms with E-state index < -0.39 is 10.8 Å². The molecule has 0 heterocycles. The monoisotopic (exact) mass is 389 g/mol. The first-order chi connectivity index (χ1) is 12.8. The molecule has 27 heavy (non-hydrogen) atoms. The zero-order valence-electron chi connectivity index (χ0n) is 15.8. The molecule has 0 atom stereocenters. The Hall–Kier alpha value is -2.67. The van der Waals surface area contributed by atoms with Crippen molar-refractivity contribution in [1.29, 1.82) is 0 Å². The molecular formula is C20H23NO5S. The van der Waals surface area contributed by atoms with E-state index in [0.29, 0.717) is 12.3 Å². The predicted molar refractivity (Wildman–Crippen MR) is 104 cm³/mol. The molecule has 0 saturated carbocycles. The van der Waals surface area contributed by atoms with Gasteiger partial charge < -0.3 is 19.5 Å². The van der Waals surface area contributed by atoms with Crippen molar-refractivity contribution in [3.8, 4) is 11.5 Å².